The Bertz CT molecular complexity index is 723. The second-order valence-electron chi connectivity index (χ2n) is 4.24. The van der Waals surface area contributed by atoms with Crippen molar-refractivity contribution in [3.8, 4) is 5.75 Å². The van der Waals surface area contributed by atoms with Crippen LogP contribution >= 0.6 is 11.6 Å². The molecular formula is C14H7ClF5NO2. The Kier molecular flexibility index (Phi) is 5.05. The van der Waals surface area contributed by atoms with Gasteiger partial charge in [-0.15, -0.1) is 0 Å². The van der Waals surface area contributed by atoms with Crippen LogP contribution in [0.25, 0.3) is 0 Å². The molecule has 0 aliphatic heterocycles. The number of halogens is 6. The zero-order valence-electron chi connectivity index (χ0n) is 11.1. The lowest BCUT2D eigenvalue weighted by molar-refractivity contribution is -0.118. The molecule has 0 saturated carbocycles. The normalized spacial score (nSPS) is 10.5. The first-order valence-electron chi connectivity index (χ1n) is 6.01. The number of nitrogens with one attached hydrogen (secondary N) is 1. The van der Waals surface area contributed by atoms with Crippen LogP contribution in [0.4, 0.5) is 27.6 Å². The van der Waals surface area contributed by atoms with Crippen LogP contribution in [0, 0.1) is 29.1 Å². The molecule has 23 heavy (non-hydrogen) atoms. The largest absolute Gasteiger partial charge is 0.484 e. The maximum absolute atomic E-state index is 13.4. The molecule has 0 aliphatic rings. The van der Waals surface area contributed by atoms with Gasteiger partial charge in [0, 0.05) is 5.02 Å². The van der Waals surface area contributed by atoms with Gasteiger partial charge in [-0.25, -0.2) is 22.0 Å². The van der Waals surface area contributed by atoms with Crippen LogP contribution in [0.3, 0.4) is 0 Å². The fourth-order valence-corrected chi connectivity index (χ4v) is 1.70. The molecule has 0 aliphatic carbocycles. The third-order valence-electron chi connectivity index (χ3n) is 2.66. The quantitative estimate of drug-likeness (QED) is 0.512. The first-order valence-corrected chi connectivity index (χ1v) is 6.38. The Morgan fingerprint density at radius 1 is 0.913 bits per heavy atom. The summed E-state index contributed by atoms with van der Waals surface area (Å²) in [6.07, 6.45) is 0. The highest BCUT2D eigenvalue weighted by molar-refractivity contribution is 6.30. The van der Waals surface area contributed by atoms with Crippen LogP contribution in [0.5, 0.6) is 5.75 Å². The molecule has 0 saturated heterocycles. The number of benzene rings is 2. The topological polar surface area (TPSA) is 38.3 Å². The van der Waals surface area contributed by atoms with Crippen molar-refractivity contribution >= 4 is 23.2 Å². The summed E-state index contributed by atoms with van der Waals surface area (Å²) in [6.45, 7) is -0.707. The van der Waals surface area contributed by atoms with E-state index >= 15 is 0 Å². The van der Waals surface area contributed by atoms with E-state index in [4.69, 9.17) is 16.3 Å². The molecule has 0 radical (unpaired) electrons. The summed E-state index contributed by atoms with van der Waals surface area (Å²) in [6, 6.07) is 5.79. The van der Waals surface area contributed by atoms with Gasteiger partial charge in [0.05, 0.1) is 0 Å². The van der Waals surface area contributed by atoms with Gasteiger partial charge in [-0.1, -0.05) is 11.6 Å². The second-order valence-corrected chi connectivity index (χ2v) is 4.67. The third-order valence-corrected chi connectivity index (χ3v) is 2.91. The van der Waals surface area contributed by atoms with E-state index in [9.17, 15) is 26.7 Å². The number of amides is 1. The molecule has 2 rings (SSSR count). The molecule has 1 N–H and O–H groups in total. The van der Waals surface area contributed by atoms with E-state index in [-0.39, 0.29) is 5.75 Å². The summed E-state index contributed by atoms with van der Waals surface area (Å²) >= 11 is 5.64. The van der Waals surface area contributed by atoms with Crippen LogP contribution in [0.1, 0.15) is 0 Å². The van der Waals surface area contributed by atoms with E-state index in [1.54, 1.807) is 5.32 Å². The minimum absolute atomic E-state index is 0.224. The maximum atomic E-state index is 13.4. The first kappa shape index (κ1) is 17.0. The van der Waals surface area contributed by atoms with Crippen LogP contribution in [0.2, 0.25) is 5.02 Å². The molecule has 122 valence electrons. The molecule has 3 nitrogen and oxygen atoms in total. The average Bonchev–Trinajstić information content (AvgIpc) is 2.54. The highest BCUT2D eigenvalue weighted by Gasteiger charge is 2.26. The molecule has 2 aromatic carbocycles. The summed E-state index contributed by atoms with van der Waals surface area (Å²) in [5, 5.41) is 2.00. The number of rotatable bonds is 4. The SMILES string of the molecule is O=C(COc1ccc(Cl)cc1)Nc1c(F)c(F)c(F)c(F)c1F. The van der Waals surface area contributed by atoms with Crippen LogP contribution in [-0.2, 0) is 4.79 Å². The zero-order chi connectivity index (χ0) is 17.1. The van der Waals surface area contributed by atoms with Gasteiger partial charge in [0.1, 0.15) is 11.4 Å². The van der Waals surface area contributed by atoms with Gasteiger partial charge in [-0.2, -0.15) is 0 Å². The van der Waals surface area contributed by atoms with E-state index in [0.717, 1.165) is 0 Å². The van der Waals surface area contributed by atoms with Gasteiger partial charge in [-0.3, -0.25) is 4.79 Å². The van der Waals surface area contributed by atoms with Crippen molar-refractivity contribution in [2.45, 2.75) is 0 Å². The molecule has 0 heterocycles. The van der Waals surface area contributed by atoms with Crippen molar-refractivity contribution in [3.63, 3.8) is 0 Å². The van der Waals surface area contributed by atoms with Crippen molar-refractivity contribution in [3.05, 3.63) is 58.4 Å². The third kappa shape index (κ3) is 3.70. The van der Waals surface area contributed by atoms with E-state index in [1.165, 1.54) is 24.3 Å². The molecular weight excluding hydrogens is 345 g/mol. The Morgan fingerprint density at radius 2 is 1.39 bits per heavy atom. The summed E-state index contributed by atoms with van der Waals surface area (Å²) in [7, 11) is 0. The van der Waals surface area contributed by atoms with Gasteiger partial charge in [-0.05, 0) is 24.3 Å². The van der Waals surface area contributed by atoms with Crippen molar-refractivity contribution < 1.29 is 31.5 Å². The van der Waals surface area contributed by atoms with Crippen molar-refractivity contribution in [2.24, 2.45) is 0 Å². The Morgan fingerprint density at radius 3 is 1.91 bits per heavy atom. The summed E-state index contributed by atoms with van der Waals surface area (Å²) < 4.78 is 70.6. The molecule has 0 aromatic heterocycles. The monoisotopic (exact) mass is 351 g/mol. The lowest BCUT2D eigenvalue weighted by Crippen LogP contribution is -2.22. The van der Waals surface area contributed by atoms with E-state index in [0.29, 0.717) is 5.02 Å². The number of hydrogen-bond donors (Lipinski definition) is 1. The second kappa shape index (κ2) is 6.82. The van der Waals surface area contributed by atoms with Crippen molar-refractivity contribution in [2.75, 3.05) is 11.9 Å². The zero-order valence-corrected chi connectivity index (χ0v) is 11.9. The predicted octanol–water partition coefficient (Wildman–Crippen LogP) is 4.05. The first-order chi connectivity index (χ1) is 10.8. The Hall–Kier alpha value is -2.35. The maximum Gasteiger partial charge on any atom is 0.262 e. The fraction of sp³-hybridized carbons (Fsp3) is 0.0714. The number of ether oxygens (including phenoxy) is 1. The standard InChI is InChI=1S/C14H7ClF5NO2/c15-6-1-3-7(4-2-6)23-5-8(22)21-14-12(19)10(17)9(16)11(18)13(14)20/h1-4H,5H2,(H,21,22). The number of carbonyl (C=O) groups excluding carboxylic acids is 1. The summed E-state index contributed by atoms with van der Waals surface area (Å²) in [4.78, 5) is 11.5. The van der Waals surface area contributed by atoms with Gasteiger partial charge < -0.3 is 10.1 Å². The Balaban J connectivity index is 2.10. The van der Waals surface area contributed by atoms with Gasteiger partial charge >= 0.3 is 0 Å². The summed E-state index contributed by atoms with van der Waals surface area (Å²) in [5.74, 6) is -11.8. The number of hydrogen-bond acceptors (Lipinski definition) is 2. The molecule has 1 amide bonds. The van der Waals surface area contributed by atoms with Gasteiger partial charge in [0.2, 0.25) is 5.82 Å². The van der Waals surface area contributed by atoms with Crippen LogP contribution in [0.15, 0.2) is 24.3 Å². The molecule has 0 fully saturated rings. The molecule has 0 atom stereocenters. The minimum Gasteiger partial charge on any atom is -0.484 e. The van der Waals surface area contributed by atoms with Crippen LogP contribution in [-0.4, -0.2) is 12.5 Å². The van der Waals surface area contributed by atoms with Gasteiger partial charge in [0.25, 0.3) is 5.91 Å². The van der Waals surface area contributed by atoms with E-state index in [1.807, 2.05) is 0 Å². The highest BCUT2D eigenvalue weighted by atomic mass is 35.5. The fourth-order valence-electron chi connectivity index (χ4n) is 1.57. The Labute approximate surface area is 131 Å². The van der Waals surface area contributed by atoms with Crippen molar-refractivity contribution in [1.82, 2.24) is 0 Å². The van der Waals surface area contributed by atoms with E-state index < -0.39 is 47.3 Å². The molecule has 0 spiro atoms. The van der Waals surface area contributed by atoms with Crippen LogP contribution < -0.4 is 10.1 Å². The number of carbonyl (C=O) groups is 1. The predicted molar refractivity (Wildman–Crippen MR) is 71.8 cm³/mol. The van der Waals surface area contributed by atoms with E-state index in [2.05, 4.69) is 0 Å². The molecule has 0 unspecified atom stereocenters. The molecule has 0 bridgehead atoms. The van der Waals surface area contributed by atoms with Gasteiger partial charge in [0.15, 0.2) is 29.9 Å². The molecule has 9 heteroatoms. The smallest absolute Gasteiger partial charge is 0.262 e. The van der Waals surface area contributed by atoms with Crippen molar-refractivity contribution in [1.29, 1.82) is 0 Å². The minimum atomic E-state index is -2.31. The lowest BCUT2D eigenvalue weighted by Gasteiger charge is -2.10. The number of anilines is 1. The molecule has 2 aromatic rings. The lowest BCUT2D eigenvalue weighted by atomic mass is 10.2. The average molecular weight is 352 g/mol. The highest BCUT2D eigenvalue weighted by Crippen LogP contribution is 2.27. The summed E-state index contributed by atoms with van der Waals surface area (Å²) in [5.41, 5.74) is -1.44.